The highest BCUT2D eigenvalue weighted by atomic mass is 19.1. The molecular formula is C15H18FN3O2. The molecule has 0 bridgehead atoms. The van der Waals surface area contributed by atoms with E-state index in [-0.39, 0.29) is 17.6 Å². The molecular weight excluding hydrogens is 273 g/mol. The minimum Gasteiger partial charge on any atom is -0.323 e. The van der Waals surface area contributed by atoms with Gasteiger partial charge in [-0.05, 0) is 49.5 Å². The highest BCUT2D eigenvalue weighted by Gasteiger charge is 2.51. The van der Waals surface area contributed by atoms with Crippen LogP contribution in [0.4, 0.5) is 9.18 Å². The molecule has 21 heavy (non-hydrogen) atoms. The van der Waals surface area contributed by atoms with Crippen molar-refractivity contribution in [1.29, 1.82) is 0 Å². The zero-order valence-electron chi connectivity index (χ0n) is 11.6. The van der Waals surface area contributed by atoms with Crippen molar-refractivity contribution >= 4 is 11.9 Å². The topological polar surface area (TPSA) is 70.2 Å². The Kier molecular flexibility index (Phi) is 3.63. The van der Waals surface area contributed by atoms with Crippen LogP contribution in [-0.4, -0.2) is 30.6 Å². The van der Waals surface area contributed by atoms with Gasteiger partial charge in [0.15, 0.2) is 0 Å². The molecule has 2 aliphatic heterocycles. The van der Waals surface area contributed by atoms with Crippen LogP contribution in [0.2, 0.25) is 0 Å². The van der Waals surface area contributed by atoms with Crippen molar-refractivity contribution in [1.82, 2.24) is 16.0 Å². The summed E-state index contributed by atoms with van der Waals surface area (Å²) in [6.07, 6.45) is 2.04. The summed E-state index contributed by atoms with van der Waals surface area (Å²) in [4.78, 5) is 24.0. The Labute approximate surface area is 122 Å². The zero-order valence-corrected chi connectivity index (χ0v) is 11.6. The van der Waals surface area contributed by atoms with Gasteiger partial charge in [0.1, 0.15) is 11.4 Å². The molecule has 2 heterocycles. The molecule has 3 amide bonds. The summed E-state index contributed by atoms with van der Waals surface area (Å²) >= 11 is 0. The SMILES string of the molecule is O=C1NC(=O)[C@](Cc2ccc(F)cc2)(C2CCNCC2)N1. The quantitative estimate of drug-likeness (QED) is 0.726. The van der Waals surface area contributed by atoms with E-state index in [1.165, 1.54) is 12.1 Å². The van der Waals surface area contributed by atoms with Gasteiger partial charge in [0.05, 0.1) is 0 Å². The van der Waals surface area contributed by atoms with E-state index in [2.05, 4.69) is 16.0 Å². The molecule has 2 aliphatic rings. The smallest absolute Gasteiger partial charge is 0.322 e. The van der Waals surface area contributed by atoms with E-state index in [0.717, 1.165) is 31.5 Å². The van der Waals surface area contributed by atoms with Crippen LogP contribution in [0.25, 0.3) is 0 Å². The van der Waals surface area contributed by atoms with Gasteiger partial charge >= 0.3 is 6.03 Å². The van der Waals surface area contributed by atoms with Crippen LogP contribution >= 0.6 is 0 Å². The average Bonchev–Trinajstić information content (AvgIpc) is 2.77. The number of hydrogen-bond donors (Lipinski definition) is 3. The molecule has 0 aliphatic carbocycles. The number of urea groups is 1. The van der Waals surface area contributed by atoms with E-state index in [9.17, 15) is 14.0 Å². The summed E-state index contributed by atoms with van der Waals surface area (Å²) in [6, 6.07) is 5.63. The lowest BCUT2D eigenvalue weighted by Gasteiger charge is -2.37. The number of carbonyl (C=O) groups excluding carboxylic acids is 2. The summed E-state index contributed by atoms with van der Waals surface area (Å²) in [5.74, 6) is -0.506. The van der Waals surface area contributed by atoms with Crippen molar-refractivity contribution in [2.24, 2.45) is 5.92 Å². The maximum Gasteiger partial charge on any atom is 0.322 e. The summed E-state index contributed by atoms with van der Waals surface area (Å²) in [6.45, 7) is 1.66. The largest absolute Gasteiger partial charge is 0.323 e. The number of hydrogen-bond acceptors (Lipinski definition) is 3. The molecule has 1 aromatic rings. The normalized spacial score (nSPS) is 26.5. The molecule has 0 aromatic heterocycles. The van der Waals surface area contributed by atoms with E-state index < -0.39 is 11.6 Å². The number of amides is 3. The predicted molar refractivity (Wildman–Crippen MR) is 75.1 cm³/mol. The highest BCUT2D eigenvalue weighted by Crippen LogP contribution is 2.32. The molecule has 1 aromatic carbocycles. The number of halogens is 1. The van der Waals surface area contributed by atoms with Crippen LogP contribution in [0.3, 0.4) is 0 Å². The molecule has 3 rings (SSSR count). The lowest BCUT2D eigenvalue weighted by atomic mass is 9.74. The van der Waals surface area contributed by atoms with E-state index in [0.29, 0.717) is 6.42 Å². The molecule has 2 fully saturated rings. The van der Waals surface area contributed by atoms with Gasteiger partial charge in [-0.3, -0.25) is 10.1 Å². The third-order valence-corrected chi connectivity index (χ3v) is 4.40. The lowest BCUT2D eigenvalue weighted by Crippen LogP contribution is -2.57. The Morgan fingerprint density at radius 3 is 2.38 bits per heavy atom. The van der Waals surface area contributed by atoms with Gasteiger partial charge in [0.25, 0.3) is 5.91 Å². The Balaban J connectivity index is 1.90. The predicted octanol–water partition coefficient (Wildman–Crippen LogP) is 0.946. The maximum absolute atomic E-state index is 13.0. The second kappa shape index (κ2) is 5.44. The maximum atomic E-state index is 13.0. The second-order valence-electron chi connectivity index (χ2n) is 5.71. The highest BCUT2D eigenvalue weighted by molar-refractivity contribution is 6.07. The third kappa shape index (κ3) is 2.63. The van der Waals surface area contributed by atoms with E-state index in [4.69, 9.17) is 0 Å². The van der Waals surface area contributed by atoms with Crippen LogP contribution in [-0.2, 0) is 11.2 Å². The summed E-state index contributed by atoms with van der Waals surface area (Å²) < 4.78 is 13.0. The number of rotatable bonds is 3. The summed E-state index contributed by atoms with van der Waals surface area (Å²) in [7, 11) is 0. The molecule has 1 atom stereocenters. The minimum atomic E-state index is -0.920. The number of imide groups is 1. The van der Waals surface area contributed by atoms with Crippen molar-refractivity contribution in [3.8, 4) is 0 Å². The van der Waals surface area contributed by atoms with Crippen LogP contribution in [0.5, 0.6) is 0 Å². The first-order valence-electron chi connectivity index (χ1n) is 7.19. The van der Waals surface area contributed by atoms with Crippen molar-refractivity contribution in [3.63, 3.8) is 0 Å². The van der Waals surface area contributed by atoms with Gasteiger partial charge in [-0.2, -0.15) is 0 Å². The van der Waals surface area contributed by atoms with Crippen molar-refractivity contribution < 1.29 is 14.0 Å². The average molecular weight is 291 g/mol. The molecule has 0 spiro atoms. The Bertz CT molecular complexity index is 555. The molecule has 0 saturated carbocycles. The van der Waals surface area contributed by atoms with E-state index in [1.54, 1.807) is 12.1 Å². The molecule has 112 valence electrons. The molecule has 2 saturated heterocycles. The molecule has 0 radical (unpaired) electrons. The summed E-state index contributed by atoms with van der Waals surface area (Å²) in [5.41, 5.74) is -0.0796. The molecule has 0 unspecified atom stereocenters. The van der Waals surface area contributed by atoms with Crippen LogP contribution in [0.15, 0.2) is 24.3 Å². The number of carbonyl (C=O) groups is 2. The first-order valence-corrected chi connectivity index (χ1v) is 7.19. The standard InChI is InChI=1S/C15H18FN3O2/c16-12-3-1-10(2-4-12)9-15(11-5-7-17-8-6-11)13(20)18-14(21)19-15/h1-4,11,17H,5-9H2,(H2,18,19,20,21)/t15-/m0/s1. The number of benzene rings is 1. The van der Waals surface area contributed by atoms with Crippen molar-refractivity contribution in [2.45, 2.75) is 24.8 Å². The molecule has 6 heteroatoms. The third-order valence-electron chi connectivity index (χ3n) is 4.40. The van der Waals surface area contributed by atoms with Crippen LogP contribution < -0.4 is 16.0 Å². The Morgan fingerprint density at radius 1 is 1.14 bits per heavy atom. The Morgan fingerprint density at radius 2 is 1.81 bits per heavy atom. The number of nitrogens with one attached hydrogen (secondary N) is 3. The summed E-state index contributed by atoms with van der Waals surface area (Å²) in [5, 5.41) is 8.44. The van der Waals surface area contributed by atoms with E-state index in [1.807, 2.05) is 0 Å². The van der Waals surface area contributed by atoms with Crippen molar-refractivity contribution in [3.05, 3.63) is 35.6 Å². The van der Waals surface area contributed by atoms with Gasteiger partial charge in [-0.15, -0.1) is 0 Å². The second-order valence-corrected chi connectivity index (χ2v) is 5.71. The zero-order chi connectivity index (χ0) is 14.9. The van der Waals surface area contributed by atoms with Crippen LogP contribution in [0.1, 0.15) is 18.4 Å². The monoisotopic (exact) mass is 291 g/mol. The fourth-order valence-electron chi connectivity index (χ4n) is 3.30. The van der Waals surface area contributed by atoms with E-state index >= 15 is 0 Å². The van der Waals surface area contributed by atoms with Gasteiger partial charge in [-0.25, -0.2) is 9.18 Å². The molecule has 3 N–H and O–H groups in total. The van der Waals surface area contributed by atoms with Gasteiger partial charge in [0, 0.05) is 6.42 Å². The van der Waals surface area contributed by atoms with Gasteiger partial charge < -0.3 is 10.6 Å². The Hall–Kier alpha value is -1.95. The van der Waals surface area contributed by atoms with Gasteiger partial charge in [0.2, 0.25) is 0 Å². The number of piperidine rings is 1. The lowest BCUT2D eigenvalue weighted by molar-refractivity contribution is -0.126. The first kappa shape index (κ1) is 14.0. The van der Waals surface area contributed by atoms with Crippen LogP contribution in [0, 0.1) is 11.7 Å². The fraction of sp³-hybridized carbons (Fsp3) is 0.467. The first-order chi connectivity index (χ1) is 10.1. The van der Waals surface area contributed by atoms with Gasteiger partial charge in [-0.1, -0.05) is 12.1 Å². The molecule has 5 nitrogen and oxygen atoms in total. The fourth-order valence-corrected chi connectivity index (χ4v) is 3.30. The van der Waals surface area contributed by atoms with Crippen molar-refractivity contribution in [2.75, 3.05) is 13.1 Å². The minimum absolute atomic E-state index is 0.0789.